The molecule has 1 aliphatic rings. The van der Waals surface area contributed by atoms with Gasteiger partial charge >= 0.3 is 0 Å². The molecule has 0 saturated carbocycles. The van der Waals surface area contributed by atoms with Crippen LogP contribution in [0.15, 0.2) is 47.5 Å². The summed E-state index contributed by atoms with van der Waals surface area (Å²) in [5.41, 5.74) is 0.760. The molecule has 0 aliphatic carbocycles. The van der Waals surface area contributed by atoms with Gasteiger partial charge in [0.25, 0.3) is 5.56 Å². The lowest BCUT2D eigenvalue weighted by Gasteiger charge is -2.35. The van der Waals surface area contributed by atoms with Crippen LogP contribution < -0.4 is 15.8 Å². The Kier molecular flexibility index (Phi) is 5.68. The lowest BCUT2D eigenvalue weighted by Crippen LogP contribution is -2.50. The van der Waals surface area contributed by atoms with Crippen molar-refractivity contribution in [1.82, 2.24) is 20.2 Å². The van der Waals surface area contributed by atoms with E-state index < -0.39 is 6.04 Å². The third-order valence-corrected chi connectivity index (χ3v) is 4.63. The highest BCUT2D eigenvalue weighted by molar-refractivity contribution is 5.82. The lowest BCUT2D eigenvalue weighted by molar-refractivity contribution is -0.131. The van der Waals surface area contributed by atoms with Crippen LogP contribution in [-0.4, -0.2) is 54.0 Å². The highest BCUT2D eigenvalue weighted by Crippen LogP contribution is 2.20. The number of H-pyrrole nitrogens is 1. The van der Waals surface area contributed by atoms with Gasteiger partial charge < -0.3 is 14.8 Å². The van der Waals surface area contributed by atoms with Gasteiger partial charge in [-0.25, -0.2) is 4.98 Å². The Morgan fingerprint density at radius 3 is 2.81 bits per heavy atom. The Bertz CT molecular complexity index is 790. The van der Waals surface area contributed by atoms with E-state index in [1.54, 1.807) is 25.2 Å². The molecule has 2 atom stereocenters. The number of hydrogen-bond acceptors (Lipinski definition) is 5. The first-order chi connectivity index (χ1) is 12.6. The summed E-state index contributed by atoms with van der Waals surface area (Å²) in [7, 11) is 3.53. The van der Waals surface area contributed by atoms with E-state index in [0.717, 1.165) is 24.9 Å². The van der Waals surface area contributed by atoms with Crippen molar-refractivity contribution < 1.29 is 4.79 Å². The van der Waals surface area contributed by atoms with E-state index in [9.17, 15) is 9.59 Å². The van der Waals surface area contributed by atoms with E-state index >= 15 is 0 Å². The van der Waals surface area contributed by atoms with Crippen LogP contribution >= 0.6 is 0 Å². The van der Waals surface area contributed by atoms with Gasteiger partial charge in [0.2, 0.25) is 5.91 Å². The topological polar surface area (TPSA) is 81.3 Å². The zero-order valence-electron chi connectivity index (χ0n) is 15.2. The number of anilines is 1. The van der Waals surface area contributed by atoms with E-state index in [1.165, 1.54) is 6.20 Å². The molecule has 0 bridgehead atoms. The molecule has 0 spiro atoms. The normalized spacial score (nSPS) is 18.4. The number of aromatic nitrogens is 2. The maximum atomic E-state index is 12.7. The minimum Gasteiger partial charge on any atom is -0.350 e. The van der Waals surface area contributed by atoms with Gasteiger partial charge in [0, 0.05) is 45.6 Å². The van der Waals surface area contributed by atoms with Crippen LogP contribution in [0.1, 0.15) is 24.4 Å². The van der Waals surface area contributed by atoms with Gasteiger partial charge in [-0.15, -0.1) is 0 Å². The summed E-state index contributed by atoms with van der Waals surface area (Å²) in [5, 5.41) is 3.50. The molecule has 1 aromatic heterocycles. The van der Waals surface area contributed by atoms with E-state index in [0.29, 0.717) is 12.4 Å². The Labute approximate surface area is 153 Å². The lowest BCUT2D eigenvalue weighted by atomic mass is 10.0. The third-order valence-electron chi connectivity index (χ3n) is 4.63. The van der Waals surface area contributed by atoms with Crippen molar-refractivity contribution in [3.63, 3.8) is 0 Å². The molecule has 2 N–H and O–H groups in total. The number of benzene rings is 1. The fraction of sp³-hybridized carbons (Fsp3) is 0.421. The molecule has 1 aliphatic heterocycles. The molecule has 2 aromatic rings. The van der Waals surface area contributed by atoms with Gasteiger partial charge in [0.1, 0.15) is 6.04 Å². The van der Waals surface area contributed by atoms with Crippen LogP contribution in [0.3, 0.4) is 0 Å². The molecule has 26 heavy (non-hydrogen) atoms. The fourth-order valence-electron chi connectivity index (χ4n) is 3.32. The molecule has 7 nitrogen and oxygen atoms in total. The second-order valence-corrected chi connectivity index (χ2v) is 6.77. The molecule has 7 heteroatoms. The second-order valence-electron chi connectivity index (χ2n) is 6.77. The Balaban J connectivity index is 1.77. The SMILES string of the molecule is CN(C)C(=O)[C@@H](N[C@H]1CCCN(c2ncc[nH]c2=O)C1)c1ccccc1. The second kappa shape index (κ2) is 8.14. The molecule has 138 valence electrons. The average molecular weight is 355 g/mol. The summed E-state index contributed by atoms with van der Waals surface area (Å²) in [5.74, 6) is 0.457. The number of amides is 1. The first-order valence-electron chi connectivity index (χ1n) is 8.87. The first-order valence-corrected chi connectivity index (χ1v) is 8.87. The predicted octanol–water partition coefficient (Wildman–Crippen LogP) is 1.16. The van der Waals surface area contributed by atoms with Crippen LogP contribution in [-0.2, 0) is 4.79 Å². The number of likely N-dealkylation sites (N-methyl/N-ethyl adjacent to an activating group) is 1. The molecular formula is C19H25N5O2. The van der Waals surface area contributed by atoms with Crippen molar-refractivity contribution in [2.24, 2.45) is 0 Å². The fourth-order valence-corrected chi connectivity index (χ4v) is 3.32. The number of rotatable bonds is 5. The standard InChI is InChI=1S/C19H25N5O2/c1-23(2)19(26)16(14-7-4-3-5-8-14)22-15-9-6-12-24(13-15)17-18(25)21-11-10-20-17/h3-5,7-8,10-11,15-16,22H,6,9,12-13H2,1-2H3,(H,21,25)/t15-,16-/m0/s1. The van der Waals surface area contributed by atoms with Gasteiger partial charge in [-0.2, -0.15) is 0 Å². The number of carbonyl (C=O) groups excluding carboxylic acids is 1. The average Bonchev–Trinajstić information content (AvgIpc) is 2.67. The quantitative estimate of drug-likeness (QED) is 0.841. The number of nitrogens with zero attached hydrogens (tertiary/aromatic N) is 3. The zero-order chi connectivity index (χ0) is 18.5. The van der Waals surface area contributed by atoms with Crippen molar-refractivity contribution in [3.05, 3.63) is 58.6 Å². The van der Waals surface area contributed by atoms with Gasteiger partial charge in [0.05, 0.1) is 0 Å². The molecule has 1 amide bonds. The van der Waals surface area contributed by atoms with Crippen LogP contribution in [0.2, 0.25) is 0 Å². The summed E-state index contributed by atoms with van der Waals surface area (Å²) in [6.45, 7) is 1.43. The molecule has 3 rings (SSSR count). The largest absolute Gasteiger partial charge is 0.350 e. The minimum atomic E-state index is -0.404. The molecule has 2 heterocycles. The molecular weight excluding hydrogens is 330 g/mol. The Morgan fingerprint density at radius 1 is 1.35 bits per heavy atom. The van der Waals surface area contributed by atoms with Crippen molar-refractivity contribution in [1.29, 1.82) is 0 Å². The summed E-state index contributed by atoms with van der Waals surface area (Å²) < 4.78 is 0. The van der Waals surface area contributed by atoms with E-state index in [-0.39, 0.29) is 17.5 Å². The molecule has 1 saturated heterocycles. The molecule has 1 aromatic carbocycles. The van der Waals surface area contributed by atoms with E-state index in [1.807, 2.05) is 35.2 Å². The maximum Gasteiger partial charge on any atom is 0.290 e. The highest BCUT2D eigenvalue weighted by Gasteiger charge is 2.29. The minimum absolute atomic E-state index is 0.0176. The third kappa shape index (κ3) is 4.11. The molecule has 1 fully saturated rings. The predicted molar refractivity (Wildman–Crippen MR) is 101 cm³/mol. The first kappa shape index (κ1) is 18.1. The van der Waals surface area contributed by atoms with E-state index in [2.05, 4.69) is 15.3 Å². The smallest absolute Gasteiger partial charge is 0.290 e. The number of piperidine rings is 1. The molecule has 0 unspecified atom stereocenters. The maximum absolute atomic E-state index is 12.7. The van der Waals surface area contributed by atoms with Gasteiger partial charge in [-0.3, -0.25) is 14.9 Å². The monoisotopic (exact) mass is 355 g/mol. The van der Waals surface area contributed by atoms with Crippen LogP contribution in [0.25, 0.3) is 0 Å². The van der Waals surface area contributed by atoms with Gasteiger partial charge in [-0.05, 0) is 18.4 Å². The van der Waals surface area contributed by atoms with Crippen molar-refractivity contribution in [2.75, 3.05) is 32.1 Å². The Hall–Kier alpha value is -2.67. The van der Waals surface area contributed by atoms with Crippen LogP contribution in [0.4, 0.5) is 5.82 Å². The number of nitrogens with one attached hydrogen (secondary N) is 2. The van der Waals surface area contributed by atoms with Crippen molar-refractivity contribution in [2.45, 2.75) is 24.9 Å². The highest BCUT2D eigenvalue weighted by atomic mass is 16.2. The van der Waals surface area contributed by atoms with Crippen LogP contribution in [0.5, 0.6) is 0 Å². The number of aromatic amines is 1. The van der Waals surface area contributed by atoms with E-state index in [4.69, 9.17) is 0 Å². The van der Waals surface area contributed by atoms with Crippen LogP contribution in [0, 0.1) is 0 Å². The van der Waals surface area contributed by atoms with Gasteiger partial charge in [-0.1, -0.05) is 30.3 Å². The molecule has 0 radical (unpaired) electrons. The van der Waals surface area contributed by atoms with Crippen molar-refractivity contribution >= 4 is 11.7 Å². The summed E-state index contributed by atoms with van der Waals surface area (Å²) in [6, 6.07) is 9.43. The summed E-state index contributed by atoms with van der Waals surface area (Å²) >= 11 is 0. The zero-order valence-corrected chi connectivity index (χ0v) is 15.2. The summed E-state index contributed by atoms with van der Waals surface area (Å²) in [6.07, 6.45) is 5.01. The summed E-state index contributed by atoms with van der Waals surface area (Å²) in [4.78, 5) is 35.2. The van der Waals surface area contributed by atoms with Crippen molar-refractivity contribution in [3.8, 4) is 0 Å². The van der Waals surface area contributed by atoms with Gasteiger partial charge in [0.15, 0.2) is 5.82 Å². The number of hydrogen-bond donors (Lipinski definition) is 2. The Morgan fingerprint density at radius 2 is 2.12 bits per heavy atom. The number of carbonyl (C=O) groups is 1.